The fraction of sp³-hybridized carbons (Fsp3) is 0.500. The number of amides is 2. The summed E-state index contributed by atoms with van der Waals surface area (Å²) in [6.07, 6.45) is 0.527. The van der Waals surface area contributed by atoms with Crippen molar-refractivity contribution in [3.63, 3.8) is 0 Å². The SMILES string of the molecule is O=C(O)CCCNC(=O)N1CCN(Cc2ccccc2Cl)CC1. The number of nitrogens with zero attached hydrogens (tertiary/aromatic N) is 2. The Kier molecular flexibility index (Phi) is 6.67. The van der Waals surface area contributed by atoms with Crippen molar-refractivity contribution in [3.05, 3.63) is 34.9 Å². The monoisotopic (exact) mass is 339 g/mol. The molecule has 1 aliphatic rings. The predicted molar refractivity (Wildman–Crippen MR) is 88.6 cm³/mol. The van der Waals surface area contributed by atoms with Gasteiger partial charge in [-0.3, -0.25) is 9.69 Å². The number of rotatable bonds is 6. The van der Waals surface area contributed by atoms with Gasteiger partial charge in [0.1, 0.15) is 0 Å². The van der Waals surface area contributed by atoms with Gasteiger partial charge >= 0.3 is 12.0 Å². The van der Waals surface area contributed by atoms with Crippen LogP contribution in [0.5, 0.6) is 0 Å². The summed E-state index contributed by atoms with van der Waals surface area (Å²) >= 11 is 6.17. The molecule has 0 saturated carbocycles. The smallest absolute Gasteiger partial charge is 0.317 e. The van der Waals surface area contributed by atoms with Gasteiger partial charge in [-0.25, -0.2) is 4.79 Å². The third kappa shape index (κ3) is 5.73. The molecular formula is C16H22ClN3O3. The highest BCUT2D eigenvalue weighted by molar-refractivity contribution is 6.31. The van der Waals surface area contributed by atoms with Crippen molar-refractivity contribution in [2.45, 2.75) is 19.4 Å². The van der Waals surface area contributed by atoms with Crippen molar-refractivity contribution < 1.29 is 14.7 Å². The molecule has 1 aromatic rings. The summed E-state index contributed by atoms with van der Waals surface area (Å²) in [4.78, 5) is 26.4. The second-order valence-electron chi connectivity index (χ2n) is 5.58. The first kappa shape index (κ1) is 17.6. The Morgan fingerprint density at radius 3 is 2.52 bits per heavy atom. The molecular weight excluding hydrogens is 318 g/mol. The molecule has 126 valence electrons. The molecule has 0 atom stereocenters. The van der Waals surface area contributed by atoms with Crippen LogP contribution in [0.25, 0.3) is 0 Å². The van der Waals surface area contributed by atoms with E-state index in [2.05, 4.69) is 10.2 Å². The van der Waals surface area contributed by atoms with E-state index in [1.807, 2.05) is 24.3 Å². The Morgan fingerprint density at radius 2 is 1.87 bits per heavy atom. The third-order valence-corrected chi connectivity index (χ3v) is 4.22. The van der Waals surface area contributed by atoms with Crippen LogP contribution in [-0.2, 0) is 11.3 Å². The number of hydrogen-bond donors (Lipinski definition) is 2. The molecule has 7 heteroatoms. The second kappa shape index (κ2) is 8.74. The van der Waals surface area contributed by atoms with Gasteiger partial charge in [0, 0.05) is 50.7 Å². The molecule has 6 nitrogen and oxygen atoms in total. The molecule has 2 N–H and O–H groups in total. The van der Waals surface area contributed by atoms with Gasteiger partial charge in [0.15, 0.2) is 0 Å². The summed E-state index contributed by atoms with van der Waals surface area (Å²) in [5.41, 5.74) is 1.10. The Bertz CT molecular complexity index is 545. The summed E-state index contributed by atoms with van der Waals surface area (Å²) < 4.78 is 0. The lowest BCUT2D eigenvalue weighted by Crippen LogP contribution is -2.51. The number of benzene rings is 1. The van der Waals surface area contributed by atoms with Crippen molar-refractivity contribution >= 4 is 23.6 Å². The number of piperazine rings is 1. The summed E-state index contributed by atoms with van der Waals surface area (Å²) in [7, 11) is 0. The first-order valence-electron chi connectivity index (χ1n) is 7.76. The topological polar surface area (TPSA) is 72.9 Å². The Balaban J connectivity index is 1.70. The number of carbonyl (C=O) groups excluding carboxylic acids is 1. The molecule has 0 aromatic heterocycles. The first-order valence-corrected chi connectivity index (χ1v) is 8.14. The van der Waals surface area contributed by atoms with Gasteiger partial charge in [-0.2, -0.15) is 0 Å². The van der Waals surface area contributed by atoms with E-state index in [1.54, 1.807) is 4.90 Å². The number of carboxylic acid groups (broad SMARTS) is 1. The lowest BCUT2D eigenvalue weighted by Gasteiger charge is -2.34. The highest BCUT2D eigenvalue weighted by atomic mass is 35.5. The van der Waals surface area contributed by atoms with Crippen LogP contribution >= 0.6 is 11.6 Å². The van der Waals surface area contributed by atoms with Gasteiger partial charge < -0.3 is 15.3 Å². The largest absolute Gasteiger partial charge is 0.481 e. The van der Waals surface area contributed by atoms with Gasteiger partial charge in [-0.15, -0.1) is 0 Å². The average molecular weight is 340 g/mol. The molecule has 1 saturated heterocycles. The molecule has 1 heterocycles. The van der Waals surface area contributed by atoms with Crippen LogP contribution in [0.1, 0.15) is 18.4 Å². The summed E-state index contributed by atoms with van der Waals surface area (Å²) in [5, 5.41) is 12.1. The summed E-state index contributed by atoms with van der Waals surface area (Å²) in [6, 6.07) is 7.68. The maximum atomic E-state index is 12.0. The number of nitrogens with one attached hydrogen (secondary N) is 1. The van der Waals surface area contributed by atoms with E-state index in [0.29, 0.717) is 26.1 Å². The van der Waals surface area contributed by atoms with Crippen molar-refractivity contribution in [2.75, 3.05) is 32.7 Å². The average Bonchev–Trinajstić information content (AvgIpc) is 2.54. The van der Waals surface area contributed by atoms with Gasteiger partial charge in [-0.1, -0.05) is 29.8 Å². The zero-order valence-electron chi connectivity index (χ0n) is 13.0. The normalized spacial score (nSPS) is 15.4. The van der Waals surface area contributed by atoms with E-state index in [0.717, 1.165) is 30.2 Å². The van der Waals surface area contributed by atoms with Crippen LogP contribution in [0.2, 0.25) is 5.02 Å². The first-order chi connectivity index (χ1) is 11.1. The van der Waals surface area contributed by atoms with Gasteiger partial charge in [-0.05, 0) is 18.1 Å². The zero-order chi connectivity index (χ0) is 16.7. The van der Waals surface area contributed by atoms with Crippen molar-refractivity contribution in [3.8, 4) is 0 Å². The highest BCUT2D eigenvalue weighted by Crippen LogP contribution is 2.17. The molecule has 2 amide bonds. The van der Waals surface area contributed by atoms with Crippen molar-refractivity contribution in [1.29, 1.82) is 0 Å². The third-order valence-electron chi connectivity index (χ3n) is 3.85. The summed E-state index contributed by atoms with van der Waals surface area (Å²) in [5.74, 6) is -0.840. The van der Waals surface area contributed by atoms with Crippen LogP contribution < -0.4 is 5.32 Å². The fourth-order valence-corrected chi connectivity index (χ4v) is 2.72. The quantitative estimate of drug-likeness (QED) is 0.778. The minimum Gasteiger partial charge on any atom is -0.481 e. The number of hydrogen-bond acceptors (Lipinski definition) is 3. The number of carboxylic acids is 1. The molecule has 1 fully saturated rings. The lowest BCUT2D eigenvalue weighted by molar-refractivity contribution is -0.137. The zero-order valence-corrected chi connectivity index (χ0v) is 13.8. The van der Waals surface area contributed by atoms with Gasteiger partial charge in [0.05, 0.1) is 0 Å². The van der Waals surface area contributed by atoms with Crippen LogP contribution in [0.4, 0.5) is 4.79 Å². The van der Waals surface area contributed by atoms with E-state index < -0.39 is 5.97 Å². The maximum absolute atomic E-state index is 12.0. The standard InChI is InChI=1S/C16H22ClN3O3/c17-14-5-2-1-4-13(14)12-19-8-10-20(11-9-19)16(23)18-7-3-6-15(21)22/h1-2,4-5H,3,6-12H2,(H,18,23)(H,21,22). The molecule has 2 rings (SSSR count). The molecule has 23 heavy (non-hydrogen) atoms. The van der Waals surface area contributed by atoms with Crippen molar-refractivity contribution in [1.82, 2.24) is 15.1 Å². The fourth-order valence-electron chi connectivity index (χ4n) is 2.52. The molecule has 1 aliphatic heterocycles. The van der Waals surface area contributed by atoms with Gasteiger partial charge in [0.25, 0.3) is 0 Å². The maximum Gasteiger partial charge on any atom is 0.317 e. The van der Waals surface area contributed by atoms with Crippen LogP contribution in [-0.4, -0.2) is 59.6 Å². The van der Waals surface area contributed by atoms with Gasteiger partial charge in [0.2, 0.25) is 0 Å². The van der Waals surface area contributed by atoms with E-state index in [-0.39, 0.29) is 12.5 Å². The molecule has 1 aromatic carbocycles. The van der Waals surface area contributed by atoms with Crippen molar-refractivity contribution in [2.24, 2.45) is 0 Å². The Morgan fingerprint density at radius 1 is 1.17 bits per heavy atom. The predicted octanol–water partition coefficient (Wildman–Crippen LogP) is 2.03. The minimum absolute atomic E-state index is 0.0753. The summed E-state index contributed by atoms with van der Waals surface area (Å²) in [6.45, 7) is 4.10. The molecule has 0 radical (unpaired) electrons. The van der Waals surface area contributed by atoms with Crippen LogP contribution in [0.3, 0.4) is 0 Å². The lowest BCUT2D eigenvalue weighted by atomic mass is 10.2. The van der Waals surface area contributed by atoms with E-state index in [4.69, 9.17) is 16.7 Å². The second-order valence-corrected chi connectivity index (χ2v) is 5.99. The molecule has 0 spiro atoms. The minimum atomic E-state index is -0.840. The molecule has 0 aliphatic carbocycles. The Hall–Kier alpha value is -1.79. The highest BCUT2D eigenvalue weighted by Gasteiger charge is 2.21. The molecule has 0 bridgehead atoms. The number of carbonyl (C=O) groups is 2. The van der Waals surface area contributed by atoms with E-state index >= 15 is 0 Å². The number of aliphatic carboxylic acids is 1. The van der Waals surface area contributed by atoms with Crippen LogP contribution in [0, 0.1) is 0 Å². The van der Waals surface area contributed by atoms with E-state index in [9.17, 15) is 9.59 Å². The Labute approximate surface area is 141 Å². The number of halogens is 1. The van der Waals surface area contributed by atoms with Crippen LogP contribution in [0.15, 0.2) is 24.3 Å². The van der Waals surface area contributed by atoms with E-state index in [1.165, 1.54) is 0 Å². The molecule has 0 unspecified atom stereocenters. The number of urea groups is 1.